The van der Waals surface area contributed by atoms with E-state index in [-0.39, 0.29) is 22.9 Å². The molecule has 0 saturated heterocycles. The number of benzene rings is 2. The highest BCUT2D eigenvalue weighted by molar-refractivity contribution is 7.19. The van der Waals surface area contributed by atoms with E-state index in [0.29, 0.717) is 15.8 Å². The lowest BCUT2D eigenvalue weighted by Gasteiger charge is -2.06. The Labute approximate surface area is 174 Å². The van der Waals surface area contributed by atoms with Crippen LogP contribution in [0.3, 0.4) is 0 Å². The lowest BCUT2D eigenvalue weighted by Crippen LogP contribution is -2.27. The molecule has 0 saturated carbocycles. The Morgan fingerprint density at radius 2 is 1.83 bits per heavy atom. The van der Waals surface area contributed by atoms with Gasteiger partial charge in [0.05, 0.1) is 29.2 Å². The molecule has 2 aromatic heterocycles. The van der Waals surface area contributed by atoms with Crippen LogP contribution in [0.25, 0.3) is 21.3 Å². The molecule has 0 aliphatic carbocycles. The third kappa shape index (κ3) is 3.83. The van der Waals surface area contributed by atoms with Crippen LogP contribution in [0.4, 0.5) is 5.13 Å². The zero-order chi connectivity index (χ0) is 21.1. The van der Waals surface area contributed by atoms with E-state index in [1.807, 2.05) is 30.3 Å². The van der Waals surface area contributed by atoms with Gasteiger partial charge in [-0.1, -0.05) is 53.8 Å². The number of carbonyl (C=O) groups is 2. The van der Waals surface area contributed by atoms with E-state index in [2.05, 4.69) is 15.3 Å². The number of hydrogen-bond donors (Lipinski definition) is 1. The van der Waals surface area contributed by atoms with Gasteiger partial charge in [0.25, 0.3) is 5.56 Å². The number of amides is 1. The highest BCUT2D eigenvalue weighted by Crippen LogP contribution is 2.33. The Morgan fingerprint density at radius 1 is 1.10 bits per heavy atom. The molecule has 0 aliphatic heterocycles. The van der Waals surface area contributed by atoms with E-state index >= 15 is 0 Å². The third-order valence-electron chi connectivity index (χ3n) is 4.33. The highest BCUT2D eigenvalue weighted by atomic mass is 32.1. The van der Waals surface area contributed by atoms with Gasteiger partial charge in [-0.2, -0.15) is 0 Å². The Kier molecular flexibility index (Phi) is 5.36. The summed E-state index contributed by atoms with van der Waals surface area (Å²) in [6.07, 6.45) is 1.33. The Morgan fingerprint density at radius 3 is 2.60 bits per heavy atom. The number of aromatic nitrogens is 3. The summed E-state index contributed by atoms with van der Waals surface area (Å²) in [6.45, 7) is -0.232. The predicted octanol–water partition coefficient (Wildman–Crippen LogP) is 2.95. The maximum Gasteiger partial charge on any atom is 0.358 e. The van der Waals surface area contributed by atoms with Crippen LogP contribution in [0.5, 0.6) is 0 Å². The quantitative estimate of drug-likeness (QED) is 0.498. The molecule has 0 aliphatic rings. The van der Waals surface area contributed by atoms with Crippen molar-refractivity contribution in [3.8, 4) is 10.4 Å². The molecular formula is C21H16N4O4S. The Bertz CT molecular complexity index is 1300. The molecule has 9 heteroatoms. The number of rotatable bonds is 5. The fraction of sp³-hybridized carbons (Fsp3) is 0.0952. The fourth-order valence-electron chi connectivity index (χ4n) is 2.93. The SMILES string of the molecule is COC(=O)c1nc(NC(=O)Cn2cnc3ccccc3c2=O)sc1-c1ccccc1. The van der Waals surface area contributed by atoms with Crippen LogP contribution in [-0.4, -0.2) is 33.5 Å². The van der Waals surface area contributed by atoms with Gasteiger partial charge in [0.1, 0.15) is 6.54 Å². The molecule has 0 unspecified atom stereocenters. The van der Waals surface area contributed by atoms with Crippen molar-refractivity contribution >= 4 is 39.2 Å². The molecule has 4 rings (SSSR count). The van der Waals surface area contributed by atoms with Gasteiger partial charge >= 0.3 is 5.97 Å². The first-order valence-corrected chi connectivity index (χ1v) is 9.77. The summed E-state index contributed by atoms with van der Waals surface area (Å²) in [7, 11) is 1.27. The Hall–Kier alpha value is -3.85. The van der Waals surface area contributed by atoms with Crippen molar-refractivity contribution in [2.75, 3.05) is 12.4 Å². The molecule has 150 valence electrons. The first-order chi connectivity index (χ1) is 14.6. The van der Waals surface area contributed by atoms with Crippen LogP contribution >= 0.6 is 11.3 Å². The zero-order valence-corrected chi connectivity index (χ0v) is 16.7. The molecule has 0 fully saturated rings. The second kappa shape index (κ2) is 8.26. The molecule has 0 radical (unpaired) electrons. The number of esters is 1. The summed E-state index contributed by atoms with van der Waals surface area (Å²) in [5, 5.41) is 3.32. The molecule has 0 atom stereocenters. The van der Waals surface area contributed by atoms with Crippen molar-refractivity contribution in [3.63, 3.8) is 0 Å². The minimum absolute atomic E-state index is 0.119. The molecule has 1 amide bonds. The lowest BCUT2D eigenvalue weighted by atomic mass is 10.1. The summed E-state index contributed by atoms with van der Waals surface area (Å²) in [4.78, 5) is 46.2. The maximum absolute atomic E-state index is 12.6. The molecule has 0 bridgehead atoms. The van der Waals surface area contributed by atoms with Crippen molar-refractivity contribution in [2.24, 2.45) is 0 Å². The van der Waals surface area contributed by atoms with Crippen LogP contribution in [0.1, 0.15) is 10.5 Å². The van der Waals surface area contributed by atoms with Gasteiger partial charge in [-0.25, -0.2) is 14.8 Å². The first kappa shape index (κ1) is 19.5. The molecule has 4 aromatic rings. The van der Waals surface area contributed by atoms with Crippen LogP contribution in [0.15, 0.2) is 65.7 Å². The van der Waals surface area contributed by atoms with Gasteiger partial charge in [-0.3, -0.25) is 14.2 Å². The van der Waals surface area contributed by atoms with E-state index in [1.54, 1.807) is 24.3 Å². The van der Waals surface area contributed by atoms with Gasteiger partial charge in [0.15, 0.2) is 10.8 Å². The molecule has 1 N–H and O–H groups in total. The Balaban J connectivity index is 1.59. The van der Waals surface area contributed by atoms with E-state index < -0.39 is 11.9 Å². The average molecular weight is 420 g/mol. The van der Waals surface area contributed by atoms with Crippen molar-refractivity contribution in [1.29, 1.82) is 0 Å². The van der Waals surface area contributed by atoms with Crippen LogP contribution in [-0.2, 0) is 16.1 Å². The van der Waals surface area contributed by atoms with Gasteiger partial charge in [0, 0.05) is 0 Å². The van der Waals surface area contributed by atoms with Crippen molar-refractivity contribution < 1.29 is 14.3 Å². The predicted molar refractivity (Wildman–Crippen MR) is 114 cm³/mol. The summed E-state index contributed by atoms with van der Waals surface area (Å²) in [5.74, 6) is -1.06. The molecule has 0 spiro atoms. The van der Waals surface area contributed by atoms with Gasteiger partial charge in [0.2, 0.25) is 5.91 Å². The minimum Gasteiger partial charge on any atom is -0.464 e. The van der Waals surface area contributed by atoms with Gasteiger partial charge in [-0.15, -0.1) is 0 Å². The second-order valence-electron chi connectivity index (χ2n) is 6.30. The van der Waals surface area contributed by atoms with Crippen molar-refractivity contribution in [1.82, 2.24) is 14.5 Å². The number of nitrogens with one attached hydrogen (secondary N) is 1. The van der Waals surface area contributed by atoms with Crippen molar-refractivity contribution in [2.45, 2.75) is 6.54 Å². The summed E-state index contributed by atoms with van der Waals surface area (Å²) < 4.78 is 6.03. The monoisotopic (exact) mass is 420 g/mol. The van der Waals surface area contributed by atoms with Crippen LogP contribution in [0.2, 0.25) is 0 Å². The summed E-state index contributed by atoms with van der Waals surface area (Å²) in [6, 6.07) is 16.1. The second-order valence-corrected chi connectivity index (χ2v) is 7.30. The number of carbonyl (C=O) groups excluding carboxylic acids is 2. The van der Waals surface area contributed by atoms with E-state index in [0.717, 1.165) is 16.9 Å². The first-order valence-electron chi connectivity index (χ1n) is 8.95. The third-order valence-corrected chi connectivity index (χ3v) is 5.35. The number of para-hydroxylation sites is 1. The topological polar surface area (TPSA) is 103 Å². The number of fused-ring (bicyclic) bond motifs is 1. The molecule has 2 aromatic carbocycles. The maximum atomic E-state index is 12.6. The van der Waals surface area contributed by atoms with Crippen LogP contribution in [0, 0.1) is 0 Å². The minimum atomic E-state index is -0.597. The standard InChI is InChI=1S/C21H16N4O4S/c1-29-20(28)17-18(13-7-3-2-4-8-13)30-21(24-17)23-16(26)11-25-12-22-15-10-6-5-9-14(15)19(25)27/h2-10,12H,11H2,1H3,(H,23,24,26). The van der Waals surface area contributed by atoms with Gasteiger partial charge in [-0.05, 0) is 17.7 Å². The number of thiazole rings is 1. The normalized spacial score (nSPS) is 10.7. The number of anilines is 1. The molecular weight excluding hydrogens is 404 g/mol. The van der Waals surface area contributed by atoms with Crippen LogP contribution < -0.4 is 10.9 Å². The number of methoxy groups -OCH3 is 1. The number of nitrogens with zero attached hydrogens (tertiary/aromatic N) is 3. The van der Waals surface area contributed by atoms with Crippen molar-refractivity contribution in [3.05, 3.63) is 77.0 Å². The zero-order valence-electron chi connectivity index (χ0n) is 15.9. The van der Waals surface area contributed by atoms with E-state index in [1.165, 1.54) is 18.0 Å². The largest absolute Gasteiger partial charge is 0.464 e. The number of ether oxygens (including phenoxy) is 1. The molecule has 2 heterocycles. The average Bonchev–Trinajstić information content (AvgIpc) is 3.19. The molecule has 30 heavy (non-hydrogen) atoms. The lowest BCUT2D eigenvalue weighted by molar-refractivity contribution is -0.116. The highest BCUT2D eigenvalue weighted by Gasteiger charge is 2.21. The van der Waals surface area contributed by atoms with E-state index in [9.17, 15) is 14.4 Å². The number of hydrogen-bond acceptors (Lipinski definition) is 7. The van der Waals surface area contributed by atoms with E-state index in [4.69, 9.17) is 4.74 Å². The summed E-state index contributed by atoms with van der Waals surface area (Å²) >= 11 is 1.16. The smallest absolute Gasteiger partial charge is 0.358 e. The molecule has 8 nitrogen and oxygen atoms in total. The summed E-state index contributed by atoms with van der Waals surface area (Å²) in [5.41, 5.74) is 1.16. The fourth-order valence-corrected chi connectivity index (χ4v) is 3.90. The van der Waals surface area contributed by atoms with Gasteiger partial charge < -0.3 is 10.1 Å².